The summed E-state index contributed by atoms with van der Waals surface area (Å²) in [5.74, 6) is 0.653. The van der Waals surface area contributed by atoms with Gasteiger partial charge in [-0.1, -0.05) is 11.6 Å². The van der Waals surface area contributed by atoms with Crippen LogP contribution in [-0.4, -0.2) is 48.2 Å². The van der Waals surface area contributed by atoms with Crippen LogP contribution in [0.15, 0.2) is 23.1 Å². The van der Waals surface area contributed by atoms with Crippen LogP contribution in [0.25, 0.3) is 10.9 Å². The van der Waals surface area contributed by atoms with Crippen LogP contribution in [0.2, 0.25) is 5.02 Å². The fraction of sp³-hybridized carbons (Fsp3) is 0.308. The Kier molecular flexibility index (Phi) is 4.11. The topological polar surface area (TPSA) is 96.3 Å². The third-order valence-corrected chi connectivity index (χ3v) is 6.69. The highest BCUT2D eigenvalue weighted by Gasteiger charge is 2.33. The van der Waals surface area contributed by atoms with E-state index in [1.165, 1.54) is 10.4 Å². The second-order valence-electron chi connectivity index (χ2n) is 4.90. The third-order valence-electron chi connectivity index (χ3n) is 3.53. The molecule has 0 atom stereocenters. The van der Waals surface area contributed by atoms with Crippen molar-refractivity contribution in [3.05, 3.63) is 28.9 Å². The number of nitrogens with one attached hydrogen (secondary N) is 1. The SMILES string of the molecule is NC(=O)c1[nH]c2ccc(Cl)cc2c1S(=O)(=O)N1CCSCC1. The van der Waals surface area contributed by atoms with Crippen molar-refractivity contribution in [1.82, 2.24) is 9.29 Å². The maximum absolute atomic E-state index is 12.9. The number of primary amides is 1. The average Bonchev–Trinajstić information content (AvgIpc) is 2.87. The van der Waals surface area contributed by atoms with Gasteiger partial charge < -0.3 is 10.7 Å². The summed E-state index contributed by atoms with van der Waals surface area (Å²) in [5.41, 5.74) is 5.77. The predicted molar refractivity (Wildman–Crippen MR) is 87.9 cm³/mol. The lowest BCUT2D eigenvalue weighted by molar-refractivity contribution is 0.0993. The summed E-state index contributed by atoms with van der Waals surface area (Å²) in [7, 11) is -3.81. The van der Waals surface area contributed by atoms with E-state index in [1.807, 2.05) is 0 Å². The fourth-order valence-electron chi connectivity index (χ4n) is 2.50. The fourth-order valence-corrected chi connectivity index (χ4v) is 5.58. The van der Waals surface area contributed by atoms with E-state index < -0.39 is 15.9 Å². The zero-order valence-corrected chi connectivity index (χ0v) is 13.9. The highest BCUT2D eigenvalue weighted by atomic mass is 35.5. The molecule has 0 aliphatic carbocycles. The molecule has 1 aliphatic heterocycles. The van der Waals surface area contributed by atoms with Gasteiger partial charge in [-0.15, -0.1) is 0 Å². The van der Waals surface area contributed by atoms with Crippen LogP contribution in [-0.2, 0) is 10.0 Å². The van der Waals surface area contributed by atoms with Crippen LogP contribution in [0.5, 0.6) is 0 Å². The molecular formula is C13H14ClN3O3S2. The van der Waals surface area contributed by atoms with Gasteiger partial charge in [-0.2, -0.15) is 16.1 Å². The van der Waals surface area contributed by atoms with Gasteiger partial charge in [0.2, 0.25) is 10.0 Å². The van der Waals surface area contributed by atoms with Crippen LogP contribution < -0.4 is 5.73 Å². The van der Waals surface area contributed by atoms with Crippen LogP contribution in [0.1, 0.15) is 10.5 Å². The molecule has 6 nitrogen and oxygen atoms in total. The number of carbonyl (C=O) groups excluding carboxylic acids is 1. The van der Waals surface area contributed by atoms with Gasteiger partial charge in [0.05, 0.1) is 0 Å². The summed E-state index contributed by atoms with van der Waals surface area (Å²) in [6.07, 6.45) is 0. The first kappa shape index (κ1) is 15.7. The smallest absolute Gasteiger partial charge is 0.266 e. The Bertz CT molecular complexity index is 842. The second kappa shape index (κ2) is 5.77. The maximum Gasteiger partial charge on any atom is 0.266 e. The normalized spacial score (nSPS) is 17.0. The van der Waals surface area contributed by atoms with E-state index in [9.17, 15) is 13.2 Å². The predicted octanol–water partition coefficient (Wildman–Crippen LogP) is 1.66. The highest BCUT2D eigenvalue weighted by molar-refractivity contribution is 7.99. The summed E-state index contributed by atoms with van der Waals surface area (Å²) in [6.45, 7) is 0.830. The van der Waals surface area contributed by atoms with E-state index in [1.54, 1.807) is 23.9 Å². The number of sulfonamides is 1. The number of aromatic amines is 1. The van der Waals surface area contributed by atoms with Crippen molar-refractivity contribution in [2.45, 2.75) is 4.90 Å². The molecule has 1 amide bonds. The molecule has 3 rings (SSSR count). The molecule has 0 saturated carbocycles. The minimum absolute atomic E-state index is 0.0793. The van der Waals surface area contributed by atoms with Crippen LogP contribution in [0, 0.1) is 0 Å². The average molecular weight is 360 g/mol. The standard InChI is InChI=1S/C13H14ClN3O3S2/c14-8-1-2-10-9(7-8)12(11(16-10)13(15)18)22(19,20)17-3-5-21-6-4-17/h1-2,7,16H,3-6H2,(H2,15,18). The summed E-state index contributed by atoms with van der Waals surface area (Å²) in [5, 5.41) is 0.785. The number of hydrogen-bond donors (Lipinski definition) is 2. The lowest BCUT2D eigenvalue weighted by atomic mass is 10.2. The number of fused-ring (bicyclic) bond motifs is 1. The molecule has 1 aromatic heterocycles. The zero-order valence-electron chi connectivity index (χ0n) is 11.5. The quantitative estimate of drug-likeness (QED) is 0.871. The van der Waals surface area contributed by atoms with Crippen molar-refractivity contribution in [3.63, 3.8) is 0 Å². The summed E-state index contributed by atoms with van der Waals surface area (Å²) in [6, 6.07) is 4.79. The van der Waals surface area contributed by atoms with Gasteiger partial charge in [0, 0.05) is 40.5 Å². The lowest BCUT2D eigenvalue weighted by Gasteiger charge is -2.25. The number of amides is 1. The number of aromatic nitrogens is 1. The molecule has 1 fully saturated rings. The lowest BCUT2D eigenvalue weighted by Crippen LogP contribution is -2.38. The van der Waals surface area contributed by atoms with Gasteiger partial charge >= 0.3 is 0 Å². The number of carbonyl (C=O) groups is 1. The van der Waals surface area contributed by atoms with Gasteiger partial charge in [-0.05, 0) is 18.2 Å². The number of H-pyrrole nitrogens is 1. The van der Waals surface area contributed by atoms with E-state index in [2.05, 4.69) is 4.98 Å². The number of benzene rings is 1. The molecule has 9 heteroatoms. The Hall–Kier alpha value is -1.22. The number of nitrogens with two attached hydrogens (primary N) is 1. The Morgan fingerprint density at radius 2 is 2.00 bits per heavy atom. The molecule has 118 valence electrons. The molecule has 3 N–H and O–H groups in total. The monoisotopic (exact) mass is 359 g/mol. The minimum atomic E-state index is -3.81. The number of nitrogens with zero attached hydrogens (tertiary/aromatic N) is 1. The molecule has 1 saturated heterocycles. The molecule has 1 aliphatic rings. The Labute approximate surface area is 137 Å². The number of hydrogen-bond acceptors (Lipinski definition) is 4. The van der Waals surface area contributed by atoms with Gasteiger partial charge in [0.25, 0.3) is 5.91 Å². The molecule has 1 aromatic carbocycles. The molecular weight excluding hydrogens is 346 g/mol. The van der Waals surface area contributed by atoms with E-state index >= 15 is 0 Å². The minimum Gasteiger partial charge on any atom is -0.364 e. The zero-order chi connectivity index (χ0) is 15.9. The van der Waals surface area contributed by atoms with Crippen LogP contribution in [0.3, 0.4) is 0 Å². The Balaban J connectivity index is 2.25. The van der Waals surface area contributed by atoms with Crippen LogP contribution >= 0.6 is 23.4 Å². The van der Waals surface area contributed by atoms with E-state index in [0.29, 0.717) is 29.0 Å². The Morgan fingerprint density at radius 1 is 1.32 bits per heavy atom. The van der Waals surface area contributed by atoms with Crippen molar-refractivity contribution in [2.75, 3.05) is 24.6 Å². The van der Waals surface area contributed by atoms with Crippen molar-refractivity contribution >= 4 is 50.2 Å². The first-order valence-corrected chi connectivity index (χ1v) is 9.57. The molecule has 22 heavy (non-hydrogen) atoms. The van der Waals surface area contributed by atoms with Crippen molar-refractivity contribution in [3.8, 4) is 0 Å². The molecule has 2 heterocycles. The van der Waals surface area contributed by atoms with E-state index in [-0.39, 0.29) is 10.6 Å². The van der Waals surface area contributed by atoms with E-state index in [4.69, 9.17) is 17.3 Å². The van der Waals surface area contributed by atoms with Gasteiger partial charge in [0.15, 0.2) is 0 Å². The largest absolute Gasteiger partial charge is 0.364 e. The number of halogens is 1. The van der Waals surface area contributed by atoms with Crippen molar-refractivity contribution in [1.29, 1.82) is 0 Å². The summed E-state index contributed by atoms with van der Waals surface area (Å²) in [4.78, 5) is 14.4. The molecule has 2 aromatic rings. The van der Waals surface area contributed by atoms with Gasteiger partial charge in [-0.3, -0.25) is 4.79 Å². The second-order valence-corrected chi connectivity index (χ2v) is 8.44. The molecule has 0 radical (unpaired) electrons. The molecule has 0 bridgehead atoms. The highest BCUT2D eigenvalue weighted by Crippen LogP contribution is 2.32. The van der Waals surface area contributed by atoms with Gasteiger partial charge in [-0.25, -0.2) is 8.42 Å². The maximum atomic E-state index is 12.9. The third kappa shape index (κ3) is 2.60. The molecule has 0 spiro atoms. The summed E-state index contributed by atoms with van der Waals surface area (Å²) >= 11 is 7.68. The van der Waals surface area contributed by atoms with Crippen LogP contribution in [0.4, 0.5) is 0 Å². The molecule has 0 unspecified atom stereocenters. The summed E-state index contributed by atoms with van der Waals surface area (Å²) < 4.78 is 27.3. The van der Waals surface area contributed by atoms with Gasteiger partial charge in [0.1, 0.15) is 10.6 Å². The van der Waals surface area contributed by atoms with Crippen molar-refractivity contribution in [2.24, 2.45) is 5.73 Å². The number of rotatable bonds is 3. The first-order chi connectivity index (χ1) is 10.4. The first-order valence-electron chi connectivity index (χ1n) is 6.60. The van der Waals surface area contributed by atoms with Crippen molar-refractivity contribution < 1.29 is 13.2 Å². The Morgan fingerprint density at radius 3 is 2.64 bits per heavy atom. The van der Waals surface area contributed by atoms with E-state index in [0.717, 1.165) is 11.5 Å². The number of thioether (sulfide) groups is 1.